The highest BCUT2D eigenvalue weighted by atomic mass is 32.1. The number of thiazole rings is 1. The van der Waals surface area contributed by atoms with Gasteiger partial charge in [0.2, 0.25) is 5.91 Å². The van der Waals surface area contributed by atoms with Gasteiger partial charge in [-0.05, 0) is 13.8 Å². The summed E-state index contributed by atoms with van der Waals surface area (Å²) in [6.45, 7) is 3.85. The fraction of sp³-hybridized carbons (Fsp3) is 0.500. The zero-order valence-corrected chi connectivity index (χ0v) is 8.52. The maximum Gasteiger partial charge on any atom is 0.234 e. The minimum atomic E-state index is -0.152. The Kier molecular flexibility index (Phi) is 3.39. The molecule has 4 nitrogen and oxygen atoms in total. The Morgan fingerprint density at radius 2 is 2.54 bits per heavy atom. The molecule has 72 valence electrons. The minimum Gasteiger partial charge on any atom is -0.346 e. The van der Waals surface area contributed by atoms with Crippen molar-refractivity contribution in [3.63, 3.8) is 0 Å². The summed E-state index contributed by atoms with van der Waals surface area (Å²) in [5, 5.41) is 5.62. The third kappa shape index (κ3) is 2.78. The zero-order chi connectivity index (χ0) is 9.84. The van der Waals surface area contributed by atoms with E-state index < -0.39 is 0 Å². The maximum absolute atomic E-state index is 10.9. The van der Waals surface area contributed by atoms with Crippen LogP contribution >= 0.6 is 11.3 Å². The zero-order valence-electron chi connectivity index (χ0n) is 7.70. The van der Waals surface area contributed by atoms with Crippen LogP contribution in [0, 0.1) is 6.92 Å². The van der Waals surface area contributed by atoms with Gasteiger partial charge < -0.3 is 11.1 Å². The van der Waals surface area contributed by atoms with Crippen LogP contribution in [0.2, 0.25) is 0 Å². The van der Waals surface area contributed by atoms with Crippen LogP contribution in [0.1, 0.15) is 23.7 Å². The second-order valence-electron chi connectivity index (χ2n) is 2.82. The SMILES string of the molecule is Cc1csc(C(C)NC(=O)CN)n1. The van der Waals surface area contributed by atoms with E-state index in [2.05, 4.69) is 10.3 Å². The van der Waals surface area contributed by atoms with Crippen LogP contribution in [-0.2, 0) is 4.79 Å². The number of hydrogen-bond acceptors (Lipinski definition) is 4. The number of aromatic nitrogens is 1. The van der Waals surface area contributed by atoms with E-state index in [1.165, 1.54) is 0 Å². The highest BCUT2D eigenvalue weighted by Crippen LogP contribution is 2.16. The van der Waals surface area contributed by atoms with Gasteiger partial charge in [-0.3, -0.25) is 4.79 Å². The first-order valence-electron chi connectivity index (χ1n) is 4.05. The van der Waals surface area contributed by atoms with Crippen molar-refractivity contribution in [2.45, 2.75) is 19.9 Å². The van der Waals surface area contributed by atoms with E-state index in [0.29, 0.717) is 0 Å². The second-order valence-corrected chi connectivity index (χ2v) is 3.71. The average molecular weight is 199 g/mol. The molecule has 0 saturated carbocycles. The topological polar surface area (TPSA) is 68.0 Å². The van der Waals surface area contributed by atoms with Gasteiger partial charge in [-0.25, -0.2) is 4.98 Å². The lowest BCUT2D eigenvalue weighted by Gasteiger charge is -2.09. The van der Waals surface area contributed by atoms with Crippen molar-refractivity contribution < 1.29 is 4.79 Å². The third-order valence-electron chi connectivity index (χ3n) is 1.57. The summed E-state index contributed by atoms with van der Waals surface area (Å²) in [4.78, 5) is 15.2. The normalized spacial score (nSPS) is 12.5. The Morgan fingerprint density at radius 3 is 3.00 bits per heavy atom. The van der Waals surface area contributed by atoms with E-state index in [-0.39, 0.29) is 18.5 Å². The summed E-state index contributed by atoms with van der Waals surface area (Å²) in [6.07, 6.45) is 0. The molecule has 1 heterocycles. The van der Waals surface area contributed by atoms with E-state index in [0.717, 1.165) is 10.7 Å². The number of amides is 1. The molecule has 13 heavy (non-hydrogen) atoms. The Morgan fingerprint density at radius 1 is 1.85 bits per heavy atom. The second kappa shape index (κ2) is 4.34. The summed E-state index contributed by atoms with van der Waals surface area (Å²) >= 11 is 1.54. The first kappa shape index (κ1) is 10.1. The molecule has 0 spiro atoms. The van der Waals surface area contributed by atoms with Crippen molar-refractivity contribution in [2.24, 2.45) is 5.73 Å². The maximum atomic E-state index is 10.9. The molecule has 0 aliphatic carbocycles. The molecule has 1 rings (SSSR count). The molecule has 0 aliphatic heterocycles. The van der Waals surface area contributed by atoms with Crippen LogP contribution in [0.4, 0.5) is 0 Å². The predicted octanol–water partition coefficient (Wildman–Crippen LogP) is 0.587. The molecular formula is C8H13N3OS. The van der Waals surface area contributed by atoms with Crippen LogP contribution in [0.3, 0.4) is 0 Å². The molecule has 0 saturated heterocycles. The molecule has 0 bridgehead atoms. The summed E-state index contributed by atoms with van der Waals surface area (Å²) in [5.41, 5.74) is 6.15. The van der Waals surface area contributed by atoms with Crippen molar-refractivity contribution in [2.75, 3.05) is 6.54 Å². The van der Waals surface area contributed by atoms with Gasteiger partial charge >= 0.3 is 0 Å². The van der Waals surface area contributed by atoms with Crippen molar-refractivity contribution in [1.29, 1.82) is 0 Å². The molecule has 5 heteroatoms. The number of nitrogens with two attached hydrogens (primary N) is 1. The van der Waals surface area contributed by atoms with Gasteiger partial charge in [-0.1, -0.05) is 0 Å². The van der Waals surface area contributed by atoms with Gasteiger partial charge in [-0.15, -0.1) is 11.3 Å². The highest BCUT2D eigenvalue weighted by molar-refractivity contribution is 7.09. The summed E-state index contributed by atoms with van der Waals surface area (Å²) in [5.74, 6) is -0.152. The van der Waals surface area contributed by atoms with E-state index >= 15 is 0 Å². The number of rotatable bonds is 3. The van der Waals surface area contributed by atoms with E-state index in [1.54, 1.807) is 11.3 Å². The quantitative estimate of drug-likeness (QED) is 0.748. The molecule has 1 unspecified atom stereocenters. The van der Waals surface area contributed by atoms with Crippen LogP contribution in [0.15, 0.2) is 5.38 Å². The Hall–Kier alpha value is -0.940. The molecule has 0 radical (unpaired) electrons. The lowest BCUT2D eigenvalue weighted by molar-refractivity contribution is -0.120. The van der Waals surface area contributed by atoms with E-state index in [4.69, 9.17) is 5.73 Å². The third-order valence-corrected chi connectivity index (χ3v) is 2.72. The number of aryl methyl sites for hydroxylation is 1. The van der Waals surface area contributed by atoms with Gasteiger partial charge in [0, 0.05) is 11.1 Å². The molecule has 1 atom stereocenters. The Bertz CT molecular complexity index is 297. The first-order valence-corrected chi connectivity index (χ1v) is 4.93. The molecule has 0 aliphatic rings. The van der Waals surface area contributed by atoms with E-state index in [9.17, 15) is 4.79 Å². The number of nitrogens with one attached hydrogen (secondary N) is 1. The number of hydrogen-bond donors (Lipinski definition) is 2. The van der Waals surface area contributed by atoms with Gasteiger partial charge in [0.05, 0.1) is 12.6 Å². The van der Waals surface area contributed by atoms with Crippen molar-refractivity contribution in [1.82, 2.24) is 10.3 Å². The van der Waals surface area contributed by atoms with Crippen molar-refractivity contribution >= 4 is 17.2 Å². The Labute approximate surface area is 81.2 Å². The monoisotopic (exact) mass is 199 g/mol. The standard InChI is InChI=1S/C8H13N3OS/c1-5-4-13-8(10-5)6(2)11-7(12)3-9/h4,6H,3,9H2,1-2H3,(H,11,12). The molecule has 3 N–H and O–H groups in total. The lowest BCUT2D eigenvalue weighted by atomic mass is 10.3. The van der Waals surface area contributed by atoms with Crippen molar-refractivity contribution in [3.05, 3.63) is 16.1 Å². The molecule has 0 fully saturated rings. The molecule has 1 aromatic rings. The summed E-state index contributed by atoms with van der Waals surface area (Å²) < 4.78 is 0. The van der Waals surface area contributed by atoms with Gasteiger partial charge in [0.15, 0.2) is 0 Å². The van der Waals surface area contributed by atoms with Gasteiger partial charge in [-0.2, -0.15) is 0 Å². The first-order chi connectivity index (χ1) is 6.13. The number of carbonyl (C=O) groups excluding carboxylic acids is 1. The van der Waals surface area contributed by atoms with Crippen LogP contribution in [0.5, 0.6) is 0 Å². The van der Waals surface area contributed by atoms with E-state index in [1.807, 2.05) is 19.2 Å². The number of carbonyl (C=O) groups is 1. The smallest absolute Gasteiger partial charge is 0.234 e. The lowest BCUT2D eigenvalue weighted by Crippen LogP contribution is -2.32. The minimum absolute atomic E-state index is 0.0225. The fourth-order valence-electron chi connectivity index (χ4n) is 0.933. The van der Waals surface area contributed by atoms with Gasteiger partial charge in [0.1, 0.15) is 5.01 Å². The van der Waals surface area contributed by atoms with Crippen LogP contribution < -0.4 is 11.1 Å². The Balaban J connectivity index is 2.58. The predicted molar refractivity (Wildman–Crippen MR) is 52.5 cm³/mol. The van der Waals surface area contributed by atoms with Gasteiger partial charge in [0.25, 0.3) is 0 Å². The highest BCUT2D eigenvalue weighted by Gasteiger charge is 2.10. The molecule has 1 aromatic heterocycles. The molecular weight excluding hydrogens is 186 g/mol. The number of nitrogens with zero attached hydrogens (tertiary/aromatic N) is 1. The van der Waals surface area contributed by atoms with Crippen molar-refractivity contribution in [3.8, 4) is 0 Å². The molecule has 0 aromatic carbocycles. The van der Waals surface area contributed by atoms with Crippen LogP contribution in [-0.4, -0.2) is 17.4 Å². The average Bonchev–Trinajstić information content (AvgIpc) is 2.51. The summed E-state index contributed by atoms with van der Waals surface area (Å²) in [6, 6.07) is -0.0465. The summed E-state index contributed by atoms with van der Waals surface area (Å²) in [7, 11) is 0. The molecule has 1 amide bonds. The largest absolute Gasteiger partial charge is 0.346 e. The van der Waals surface area contributed by atoms with Crippen LogP contribution in [0.25, 0.3) is 0 Å². The fourth-order valence-corrected chi connectivity index (χ4v) is 1.74.